The number of nitrogens with zero attached hydrogens (tertiary/aromatic N) is 1. The Morgan fingerprint density at radius 1 is 1.21 bits per heavy atom. The van der Waals surface area contributed by atoms with Gasteiger partial charge in [-0.2, -0.15) is 0 Å². The molecule has 0 bridgehead atoms. The Morgan fingerprint density at radius 3 is 2.43 bits per heavy atom. The molecule has 2 heteroatoms. The molecule has 0 amide bonds. The van der Waals surface area contributed by atoms with Crippen molar-refractivity contribution in [3.05, 3.63) is 23.5 Å². The predicted octanol–water partition coefficient (Wildman–Crippen LogP) is 2.55. The third kappa shape index (κ3) is 1.71. The van der Waals surface area contributed by atoms with E-state index in [4.69, 9.17) is 5.73 Å². The van der Waals surface area contributed by atoms with E-state index in [1.807, 2.05) is 0 Å². The first kappa shape index (κ1) is 9.78. The number of nitrogens with two attached hydrogens (primary N) is 1. The fourth-order valence-corrected chi connectivity index (χ4v) is 2.69. The van der Waals surface area contributed by atoms with E-state index < -0.39 is 0 Å². The molecular formula is C12H20N2. The molecule has 2 unspecified atom stereocenters. The maximum Gasteiger partial charge on any atom is 0.0350 e. The average Bonchev–Trinajstić information content (AvgIpc) is 2.46. The number of hydrogen-bond donors (Lipinski definition) is 1. The molecule has 0 saturated heterocycles. The van der Waals surface area contributed by atoms with E-state index in [0.29, 0.717) is 12.1 Å². The van der Waals surface area contributed by atoms with Crippen molar-refractivity contribution >= 4 is 0 Å². The highest BCUT2D eigenvalue weighted by Gasteiger charge is 2.21. The quantitative estimate of drug-likeness (QED) is 0.728. The Labute approximate surface area is 86.1 Å². The van der Waals surface area contributed by atoms with E-state index in [0.717, 1.165) is 6.42 Å². The van der Waals surface area contributed by atoms with Gasteiger partial charge in [0.1, 0.15) is 0 Å². The van der Waals surface area contributed by atoms with Gasteiger partial charge in [0, 0.05) is 23.5 Å². The number of hydrogen-bond acceptors (Lipinski definition) is 1. The van der Waals surface area contributed by atoms with Crippen molar-refractivity contribution in [1.82, 2.24) is 4.57 Å². The Kier molecular flexibility index (Phi) is 2.64. The zero-order chi connectivity index (χ0) is 10.1. The number of rotatable bonds is 1. The lowest BCUT2D eigenvalue weighted by molar-refractivity contribution is 0.314. The van der Waals surface area contributed by atoms with Crippen LogP contribution in [-0.2, 0) is 0 Å². The lowest BCUT2D eigenvalue weighted by Crippen LogP contribution is -2.30. The fraction of sp³-hybridized carbons (Fsp3) is 0.667. The first-order valence-corrected chi connectivity index (χ1v) is 5.58. The van der Waals surface area contributed by atoms with Crippen LogP contribution in [0.4, 0.5) is 0 Å². The first-order valence-electron chi connectivity index (χ1n) is 5.58. The van der Waals surface area contributed by atoms with Gasteiger partial charge >= 0.3 is 0 Å². The van der Waals surface area contributed by atoms with Gasteiger partial charge in [-0.05, 0) is 51.7 Å². The van der Waals surface area contributed by atoms with Gasteiger partial charge in [0.2, 0.25) is 0 Å². The van der Waals surface area contributed by atoms with Gasteiger partial charge in [-0.3, -0.25) is 0 Å². The standard InChI is InChI=1S/C12H20N2/c1-9-6-7-10(2)14(9)12-5-3-4-11(13)8-12/h6-7,11-12H,3-5,8,13H2,1-2H3. The average molecular weight is 192 g/mol. The van der Waals surface area contributed by atoms with Crippen molar-refractivity contribution in [2.45, 2.75) is 51.6 Å². The zero-order valence-electron chi connectivity index (χ0n) is 9.16. The highest BCUT2D eigenvalue weighted by atomic mass is 15.0. The van der Waals surface area contributed by atoms with Crippen LogP contribution in [0.5, 0.6) is 0 Å². The molecular weight excluding hydrogens is 172 g/mol. The van der Waals surface area contributed by atoms with E-state index in [1.165, 1.54) is 30.7 Å². The molecule has 78 valence electrons. The molecule has 1 aliphatic carbocycles. The van der Waals surface area contributed by atoms with Crippen LogP contribution in [0.3, 0.4) is 0 Å². The maximum absolute atomic E-state index is 6.02. The second-order valence-corrected chi connectivity index (χ2v) is 4.57. The summed E-state index contributed by atoms with van der Waals surface area (Å²) in [5.41, 5.74) is 8.77. The molecule has 0 aliphatic heterocycles. The van der Waals surface area contributed by atoms with Crippen LogP contribution in [0.2, 0.25) is 0 Å². The summed E-state index contributed by atoms with van der Waals surface area (Å²) in [6.07, 6.45) is 4.93. The van der Waals surface area contributed by atoms with Crippen LogP contribution in [0.25, 0.3) is 0 Å². The maximum atomic E-state index is 6.02. The molecule has 1 fully saturated rings. The van der Waals surface area contributed by atoms with Crippen molar-refractivity contribution in [2.24, 2.45) is 5.73 Å². The van der Waals surface area contributed by atoms with Crippen LogP contribution < -0.4 is 5.73 Å². The smallest absolute Gasteiger partial charge is 0.0350 e. The molecule has 0 spiro atoms. The summed E-state index contributed by atoms with van der Waals surface area (Å²) in [7, 11) is 0. The summed E-state index contributed by atoms with van der Waals surface area (Å²) in [6.45, 7) is 4.38. The molecule has 0 radical (unpaired) electrons. The molecule has 1 aromatic heterocycles. The third-order valence-electron chi connectivity index (χ3n) is 3.38. The summed E-state index contributed by atoms with van der Waals surface area (Å²) >= 11 is 0. The molecule has 2 rings (SSSR count). The predicted molar refractivity (Wildman–Crippen MR) is 59.4 cm³/mol. The molecule has 1 saturated carbocycles. The summed E-state index contributed by atoms with van der Waals surface area (Å²) < 4.78 is 2.46. The molecule has 2 nitrogen and oxygen atoms in total. The van der Waals surface area contributed by atoms with Crippen molar-refractivity contribution in [1.29, 1.82) is 0 Å². The highest BCUT2D eigenvalue weighted by Crippen LogP contribution is 2.30. The minimum absolute atomic E-state index is 0.412. The molecule has 1 heterocycles. The lowest BCUT2D eigenvalue weighted by Gasteiger charge is -2.30. The van der Waals surface area contributed by atoms with Crippen molar-refractivity contribution in [3.8, 4) is 0 Å². The van der Waals surface area contributed by atoms with E-state index >= 15 is 0 Å². The van der Waals surface area contributed by atoms with Crippen molar-refractivity contribution in [2.75, 3.05) is 0 Å². The third-order valence-corrected chi connectivity index (χ3v) is 3.38. The van der Waals surface area contributed by atoms with Gasteiger partial charge in [-0.25, -0.2) is 0 Å². The van der Waals surface area contributed by atoms with Gasteiger partial charge in [-0.1, -0.05) is 0 Å². The molecule has 1 aliphatic rings. The molecule has 1 aromatic rings. The van der Waals surface area contributed by atoms with E-state index in [2.05, 4.69) is 30.5 Å². The topological polar surface area (TPSA) is 30.9 Å². The molecule has 0 aromatic carbocycles. The Balaban J connectivity index is 2.21. The summed E-state index contributed by atoms with van der Waals surface area (Å²) in [6, 6.07) is 5.47. The van der Waals surface area contributed by atoms with Crippen molar-refractivity contribution in [3.63, 3.8) is 0 Å². The summed E-state index contributed by atoms with van der Waals surface area (Å²) in [4.78, 5) is 0. The highest BCUT2D eigenvalue weighted by molar-refractivity contribution is 5.15. The van der Waals surface area contributed by atoms with Gasteiger partial charge in [0.15, 0.2) is 0 Å². The number of aromatic nitrogens is 1. The minimum Gasteiger partial charge on any atom is -0.346 e. The number of aryl methyl sites for hydroxylation is 2. The largest absolute Gasteiger partial charge is 0.346 e. The van der Waals surface area contributed by atoms with Crippen molar-refractivity contribution < 1.29 is 0 Å². The second kappa shape index (κ2) is 3.77. The SMILES string of the molecule is Cc1ccc(C)n1C1CCCC(N)C1. The Morgan fingerprint density at radius 2 is 1.86 bits per heavy atom. The Bertz CT molecular complexity index is 295. The first-order chi connectivity index (χ1) is 6.68. The van der Waals surface area contributed by atoms with Gasteiger partial charge in [-0.15, -0.1) is 0 Å². The summed E-state index contributed by atoms with van der Waals surface area (Å²) in [5, 5.41) is 0. The van der Waals surface area contributed by atoms with Gasteiger partial charge < -0.3 is 10.3 Å². The monoisotopic (exact) mass is 192 g/mol. The summed E-state index contributed by atoms with van der Waals surface area (Å²) in [5.74, 6) is 0. The zero-order valence-corrected chi connectivity index (χ0v) is 9.16. The van der Waals surface area contributed by atoms with Gasteiger partial charge in [0.05, 0.1) is 0 Å². The fourth-order valence-electron chi connectivity index (χ4n) is 2.69. The van der Waals surface area contributed by atoms with Crippen LogP contribution in [0.1, 0.15) is 43.1 Å². The minimum atomic E-state index is 0.412. The van der Waals surface area contributed by atoms with E-state index in [1.54, 1.807) is 0 Å². The van der Waals surface area contributed by atoms with Crippen LogP contribution >= 0.6 is 0 Å². The van der Waals surface area contributed by atoms with E-state index in [9.17, 15) is 0 Å². The second-order valence-electron chi connectivity index (χ2n) is 4.57. The molecule has 2 N–H and O–H groups in total. The Hall–Kier alpha value is -0.760. The van der Waals surface area contributed by atoms with Crippen LogP contribution in [0, 0.1) is 13.8 Å². The van der Waals surface area contributed by atoms with Crippen LogP contribution in [0.15, 0.2) is 12.1 Å². The van der Waals surface area contributed by atoms with E-state index in [-0.39, 0.29) is 0 Å². The van der Waals surface area contributed by atoms with Crippen LogP contribution in [-0.4, -0.2) is 10.6 Å². The normalized spacial score (nSPS) is 27.9. The molecule has 2 atom stereocenters. The molecule has 14 heavy (non-hydrogen) atoms. The lowest BCUT2D eigenvalue weighted by atomic mass is 9.91. The van der Waals surface area contributed by atoms with Gasteiger partial charge in [0.25, 0.3) is 0 Å².